The molecule has 20 heavy (non-hydrogen) atoms. The summed E-state index contributed by atoms with van der Waals surface area (Å²) in [5, 5.41) is 2.69. The van der Waals surface area contributed by atoms with Crippen molar-refractivity contribution in [3.63, 3.8) is 0 Å². The van der Waals surface area contributed by atoms with Crippen LogP contribution in [0.3, 0.4) is 0 Å². The molecule has 0 radical (unpaired) electrons. The molecule has 112 valence electrons. The minimum atomic E-state index is -4.18. The predicted octanol–water partition coefficient (Wildman–Crippen LogP) is 3.75. The number of furan rings is 1. The first-order chi connectivity index (χ1) is 9.27. The van der Waals surface area contributed by atoms with E-state index in [4.69, 9.17) is 4.42 Å². The Kier molecular flexibility index (Phi) is 4.11. The lowest BCUT2D eigenvalue weighted by Crippen LogP contribution is -2.41. The number of amides is 1. The zero-order chi connectivity index (χ0) is 14.9. The molecule has 1 heterocycles. The Hall–Kier alpha value is -1.46. The quantitative estimate of drug-likeness (QED) is 0.901. The van der Waals surface area contributed by atoms with E-state index in [2.05, 4.69) is 5.32 Å². The van der Waals surface area contributed by atoms with Gasteiger partial charge in [-0.3, -0.25) is 4.79 Å². The molecule has 1 aromatic rings. The van der Waals surface area contributed by atoms with Crippen molar-refractivity contribution in [2.24, 2.45) is 5.92 Å². The number of hydrogen-bond acceptors (Lipinski definition) is 2. The van der Waals surface area contributed by atoms with Crippen molar-refractivity contribution in [2.45, 2.75) is 51.7 Å². The van der Waals surface area contributed by atoms with Gasteiger partial charge in [-0.2, -0.15) is 13.2 Å². The molecule has 1 aliphatic carbocycles. The first kappa shape index (κ1) is 14.9. The van der Waals surface area contributed by atoms with Gasteiger partial charge in [0.05, 0.1) is 11.5 Å². The number of aryl methyl sites for hydroxylation is 2. The van der Waals surface area contributed by atoms with Gasteiger partial charge in [-0.05, 0) is 39.2 Å². The maximum absolute atomic E-state index is 12.7. The highest BCUT2D eigenvalue weighted by Crippen LogP contribution is 2.37. The van der Waals surface area contributed by atoms with Crippen molar-refractivity contribution in [3.8, 4) is 0 Å². The SMILES string of the molecule is Cc1cc(C(=O)N[C@H]2CCC[C@H](C(F)(F)F)C2)c(C)o1. The van der Waals surface area contributed by atoms with Gasteiger partial charge < -0.3 is 9.73 Å². The molecule has 1 aromatic heterocycles. The summed E-state index contributed by atoms with van der Waals surface area (Å²) in [5.74, 6) is -0.562. The van der Waals surface area contributed by atoms with E-state index < -0.39 is 18.1 Å². The summed E-state index contributed by atoms with van der Waals surface area (Å²) in [6, 6.07) is 1.19. The van der Waals surface area contributed by atoms with Crippen LogP contribution in [0.4, 0.5) is 13.2 Å². The molecule has 0 spiro atoms. The number of carbonyl (C=O) groups is 1. The van der Waals surface area contributed by atoms with Crippen LogP contribution in [0, 0.1) is 19.8 Å². The van der Waals surface area contributed by atoms with Gasteiger partial charge in [0.15, 0.2) is 0 Å². The van der Waals surface area contributed by atoms with Crippen LogP contribution in [-0.4, -0.2) is 18.1 Å². The number of halogens is 3. The summed E-state index contributed by atoms with van der Waals surface area (Å²) >= 11 is 0. The molecule has 0 aromatic carbocycles. The Morgan fingerprint density at radius 2 is 2.05 bits per heavy atom. The lowest BCUT2D eigenvalue weighted by Gasteiger charge is -2.30. The van der Waals surface area contributed by atoms with Crippen LogP contribution in [0.25, 0.3) is 0 Å². The number of rotatable bonds is 2. The molecule has 2 atom stereocenters. The molecule has 6 heteroatoms. The molecule has 1 N–H and O–H groups in total. The zero-order valence-corrected chi connectivity index (χ0v) is 11.5. The first-order valence-corrected chi connectivity index (χ1v) is 6.72. The second-order valence-corrected chi connectivity index (χ2v) is 5.40. The van der Waals surface area contributed by atoms with E-state index in [0.29, 0.717) is 29.9 Å². The molecule has 0 bridgehead atoms. The van der Waals surface area contributed by atoms with Gasteiger partial charge in [0, 0.05) is 6.04 Å². The maximum atomic E-state index is 12.7. The number of nitrogens with one attached hydrogen (secondary N) is 1. The van der Waals surface area contributed by atoms with E-state index in [9.17, 15) is 18.0 Å². The molecule has 0 saturated heterocycles. The van der Waals surface area contributed by atoms with Crippen LogP contribution in [0.1, 0.15) is 47.6 Å². The van der Waals surface area contributed by atoms with Crippen LogP contribution in [0.2, 0.25) is 0 Å². The topological polar surface area (TPSA) is 42.2 Å². The van der Waals surface area contributed by atoms with Gasteiger partial charge in [-0.25, -0.2) is 0 Å². The Balaban J connectivity index is 1.99. The highest BCUT2D eigenvalue weighted by molar-refractivity contribution is 5.95. The first-order valence-electron chi connectivity index (χ1n) is 6.72. The van der Waals surface area contributed by atoms with Crippen molar-refractivity contribution >= 4 is 5.91 Å². The maximum Gasteiger partial charge on any atom is 0.391 e. The lowest BCUT2D eigenvalue weighted by atomic mass is 9.85. The molecular weight excluding hydrogens is 271 g/mol. The molecule has 0 unspecified atom stereocenters. The second kappa shape index (κ2) is 5.50. The largest absolute Gasteiger partial charge is 0.466 e. The Bertz CT molecular complexity index is 493. The van der Waals surface area contributed by atoms with E-state index in [1.54, 1.807) is 19.9 Å². The van der Waals surface area contributed by atoms with Crippen LogP contribution in [-0.2, 0) is 0 Å². The van der Waals surface area contributed by atoms with E-state index in [1.165, 1.54) is 0 Å². The van der Waals surface area contributed by atoms with E-state index in [-0.39, 0.29) is 18.7 Å². The molecular formula is C14H18F3NO2. The Labute approximate surface area is 115 Å². The van der Waals surface area contributed by atoms with Crippen LogP contribution >= 0.6 is 0 Å². The molecule has 1 amide bonds. The third kappa shape index (κ3) is 3.35. The zero-order valence-electron chi connectivity index (χ0n) is 11.5. The minimum Gasteiger partial charge on any atom is -0.466 e. The van der Waals surface area contributed by atoms with E-state index in [0.717, 1.165) is 0 Å². The molecule has 3 nitrogen and oxygen atoms in total. The molecule has 2 rings (SSSR count). The monoisotopic (exact) mass is 289 g/mol. The fraction of sp³-hybridized carbons (Fsp3) is 0.643. The fourth-order valence-electron chi connectivity index (χ4n) is 2.74. The molecule has 0 aliphatic heterocycles. The lowest BCUT2D eigenvalue weighted by molar-refractivity contribution is -0.183. The smallest absolute Gasteiger partial charge is 0.391 e. The van der Waals surface area contributed by atoms with Gasteiger partial charge in [0.2, 0.25) is 0 Å². The summed E-state index contributed by atoms with van der Waals surface area (Å²) in [6.45, 7) is 3.39. The highest BCUT2D eigenvalue weighted by Gasteiger charge is 2.42. The van der Waals surface area contributed by atoms with Gasteiger partial charge in [-0.1, -0.05) is 6.42 Å². The van der Waals surface area contributed by atoms with Crippen molar-refractivity contribution in [2.75, 3.05) is 0 Å². The third-order valence-electron chi connectivity index (χ3n) is 3.76. The second-order valence-electron chi connectivity index (χ2n) is 5.40. The average Bonchev–Trinajstić information content (AvgIpc) is 2.68. The Morgan fingerprint density at radius 3 is 2.60 bits per heavy atom. The third-order valence-corrected chi connectivity index (χ3v) is 3.76. The van der Waals surface area contributed by atoms with Crippen molar-refractivity contribution in [3.05, 3.63) is 23.2 Å². The summed E-state index contributed by atoms with van der Waals surface area (Å²) in [5.41, 5.74) is 0.400. The molecule has 1 aliphatic rings. The van der Waals surface area contributed by atoms with Crippen LogP contribution < -0.4 is 5.32 Å². The van der Waals surface area contributed by atoms with E-state index >= 15 is 0 Å². The summed E-state index contributed by atoms with van der Waals surface area (Å²) in [6.07, 6.45) is -2.98. The highest BCUT2D eigenvalue weighted by atomic mass is 19.4. The standard InChI is InChI=1S/C14H18F3NO2/c1-8-6-12(9(2)20-8)13(19)18-11-5-3-4-10(7-11)14(15,16)17/h6,10-11H,3-5,7H2,1-2H3,(H,18,19)/t10-,11-/m0/s1. The predicted molar refractivity (Wildman–Crippen MR) is 67.4 cm³/mol. The summed E-state index contributed by atoms with van der Waals surface area (Å²) in [7, 11) is 0. The van der Waals surface area contributed by atoms with Gasteiger partial charge in [-0.15, -0.1) is 0 Å². The molecule has 1 saturated carbocycles. The number of alkyl halides is 3. The van der Waals surface area contributed by atoms with Gasteiger partial charge in [0.25, 0.3) is 5.91 Å². The van der Waals surface area contributed by atoms with Crippen LogP contribution in [0.5, 0.6) is 0 Å². The van der Waals surface area contributed by atoms with E-state index in [1.807, 2.05) is 0 Å². The van der Waals surface area contributed by atoms with Crippen molar-refractivity contribution in [1.29, 1.82) is 0 Å². The van der Waals surface area contributed by atoms with Crippen molar-refractivity contribution in [1.82, 2.24) is 5.32 Å². The number of carbonyl (C=O) groups excluding carboxylic acids is 1. The van der Waals surface area contributed by atoms with Crippen LogP contribution in [0.15, 0.2) is 10.5 Å². The Morgan fingerprint density at radius 1 is 1.35 bits per heavy atom. The van der Waals surface area contributed by atoms with Gasteiger partial charge >= 0.3 is 6.18 Å². The average molecular weight is 289 g/mol. The summed E-state index contributed by atoms with van der Waals surface area (Å²) in [4.78, 5) is 12.1. The summed E-state index contributed by atoms with van der Waals surface area (Å²) < 4.78 is 43.4. The molecule has 1 fully saturated rings. The fourth-order valence-corrected chi connectivity index (χ4v) is 2.74. The normalized spacial score (nSPS) is 23.6. The van der Waals surface area contributed by atoms with Gasteiger partial charge in [0.1, 0.15) is 11.5 Å². The number of hydrogen-bond donors (Lipinski definition) is 1. The minimum absolute atomic E-state index is 0.0366. The van der Waals surface area contributed by atoms with Crippen molar-refractivity contribution < 1.29 is 22.4 Å².